The van der Waals surface area contributed by atoms with E-state index in [4.69, 9.17) is 5.11 Å². The number of nitrogens with one attached hydrogen (secondary N) is 1. The molecule has 0 saturated carbocycles. The molecule has 7 heavy (non-hydrogen) atoms. The van der Waals surface area contributed by atoms with Crippen molar-refractivity contribution in [2.45, 2.75) is 0 Å². The molecule has 0 radical (unpaired) electrons. The highest BCUT2D eigenvalue weighted by Gasteiger charge is 1.82. The van der Waals surface area contributed by atoms with E-state index < -0.39 is 6.09 Å². The zero-order valence-electron chi connectivity index (χ0n) is 3.75. The van der Waals surface area contributed by atoms with Crippen molar-refractivity contribution in [1.82, 2.24) is 5.43 Å². The molecule has 0 saturated heterocycles. The van der Waals surface area contributed by atoms with Gasteiger partial charge in [-0.3, -0.25) is 5.43 Å². The fourth-order valence-electron chi connectivity index (χ4n) is 0.0928. The second-order valence-corrected chi connectivity index (χ2v) is 0.706. The van der Waals surface area contributed by atoms with E-state index in [2.05, 4.69) is 15.8 Å². The van der Waals surface area contributed by atoms with Crippen molar-refractivity contribution in [3.63, 3.8) is 0 Å². The van der Waals surface area contributed by atoms with E-state index in [1.54, 1.807) is 0 Å². The van der Waals surface area contributed by atoms with E-state index in [0.717, 1.165) is 0 Å². The van der Waals surface area contributed by atoms with Crippen molar-refractivity contribution in [2.75, 3.05) is 7.05 Å². The Morgan fingerprint density at radius 2 is 2.43 bits per heavy atom. The summed E-state index contributed by atoms with van der Waals surface area (Å²) in [6, 6.07) is 0. The van der Waals surface area contributed by atoms with Crippen LogP contribution in [0.15, 0.2) is 10.3 Å². The third-order valence-corrected chi connectivity index (χ3v) is 0.236. The first-order valence-corrected chi connectivity index (χ1v) is 1.57. The Balaban J connectivity index is 3.26. The van der Waals surface area contributed by atoms with E-state index in [9.17, 15) is 4.79 Å². The van der Waals surface area contributed by atoms with Gasteiger partial charge in [-0.25, -0.2) is 4.79 Å². The van der Waals surface area contributed by atoms with Gasteiger partial charge in [0.1, 0.15) is 0 Å². The molecule has 0 fully saturated rings. The van der Waals surface area contributed by atoms with Gasteiger partial charge >= 0.3 is 6.09 Å². The van der Waals surface area contributed by atoms with Gasteiger partial charge in [-0.2, -0.15) is 0 Å². The van der Waals surface area contributed by atoms with Gasteiger partial charge in [0, 0.05) is 7.05 Å². The minimum absolute atomic E-state index is 1.30. The Morgan fingerprint density at radius 1 is 1.86 bits per heavy atom. The minimum atomic E-state index is -1.30. The second-order valence-electron chi connectivity index (χ2n) is 0.706. The number of hydrogen-bond acceptors (Lipinski definition) is 2. The predicted octanol–water partition coefficient (Wildman–Crippen LogP) is 0.251. The molecule has 0 unspecified atom stereocenters. The maximum Gasteiger partial charge on any atom is 0.451 e. The Morgan fingerprint density at radius 3 is 2.57 bits per heavy atom. The summed E-state index contributed by atoms with van der Waals surface area (Å²) in [6.45, 7) is 0. The first kappa shape index (κ1) is 5.87. The third kappa shape index (κ3) is 4.87. The summed E-state index contributed by atoms with van der Waals surface area (Å²) >= 11 is 0. The fraction of sp³-hybridized carbons (Fsp3) is 0.500. The molecule has 0 heterocycles. The van der Waals surface area contributed by atoms with Crippen molar-refractivity contribution < 1.29 is 9.90 Å². The summed E-state index contributed by atoms with van der Waals surface area (Å²) in [4.78, 5) is 9.46. The van der Waals surface area contributed by atoms with Crippen LogP contribution in [0.3, 0.4) is 0 Å². The van der Waals surface area contributed by atoms with Crippen molar-refractivity contribution in [1.29, 1.82) is 0 Å². The van der Waals surface area contributed by atoms with Crippen LogP contribution in [0.25, 0.3) is 0 Å². The fourth-order valence-corrected chi connectivity index (χ4v) is 0.0928. The van der Waals surface area contributed by atoms with Gasteiger partial charge in [0.05, 0.1) is 0 Å². The first-order chi connectivity index (χ1) is 3.27. The minimum Gasteiger partial charge on any atom is -0.462 e. The zero-order valence-corrected chi connectivity index (χ0v) is 3.75. The topological polar surface area (TPSA) is 74.0 Å². The molecular formula is C2H5N3O2. The molecule has 0 aliphatic rings. The molecule has 2 N–H and O–H groups in total. The highest BCUT2D eigenvalue weighted by Crippen LogP contribution is 1.68. The van der Waals surface area contributed by atoms with E-state index in [0.29, 0.717) is 0 Å². The summed E-state index contributed by atoms with van der Waals surface area (Å²) in [7, 11) is 1.46. The zero-order chi connectivity index (χ0) is 5.70. The van der Waals surface area contributed by atoms with Crippen LogP contribution in [0, 0.1) is 0 Å². The average molecular weight is 103 g/mol. The number of carboxylic acid groups (broad SMARTS) is 1. The SMILES string of the molecule is CNN=NC(=O)O. The van der Waals surface area contributed by atoms with Crippen molar-refractivity contribution in [2.24, 2.45) is 10.3 Å². The number of nitrogens with zero attached hydrogens (tertiary/aromatic N) is 2. The number of carbonyl (C=O) groups is 1. The summed E-state index contributed by atoms with van der Waals surface area (Å²) in [5.41, 5.74) is 2.18. The first-order valence-electron chi connectivity index (χ1n) is 1.57. The molecule has 5 heteroatoms. The van der Waals surface area contributed by atoms with Gasteiger partial charge in [-0.1, -0.05) is 10.3 Å². The normalized spacial score (nSPS) is 9.29. The highest BCUT2D eigenvalue weighted by atomic mass is 16.4. The molecule has 40 valence electrons. The number of rotatable bonds is 1. The molecule has 0 rings (SSSR count). The van der Waals surface area contributed by atoms with Crippen LogP contribution < -0.4 is 5.43 Å². The third-order valence-electron chi connectivity index (χ3n) is 0.236. The lowest BCUT2D eigenvalue weighted by atomic mass is 11.3. The maximum absolute atomic E-state index is 9.46. The summed E-state index contributed by atoms with van der Waals surface area (Å²) in [6.07, 6.45) is -1.30. The molecule has 1 amide bonds. The van der Waals surface area contributed by atoms with Crippen LogP contribution in [0.2, 0.25) is 0 Å². The van der Waals surface area contributed by atoms with Crippen LogP contribution in [0.5, 0.6) is 0 Å². The Hall–Kier alpha value is -1.13. The van der Waals surface area contributed by atoms with Crippen LogP contribution >= 0.6 is 0 Å². The monoisotopic (exact) mass is 103 g/mol. The van der Waals surface area contributed by atoms with Gasteiger partial charge in [0.25, 0.3) is 0 Å². The molecular weight excluding hydrogens is 98.0 g/mol. The van der Waals surface area contributed by atoms with Crippen molar-refractivity contribution in [3.8, 4) is 0 Å². The highest BCUT2D eigenvalue weighted by molar-refractivity contribution is 5.64. The molecule has 0 aromatic carbocycles. The van der Waals surface area contributed by atoms with Gasteiger partial charge in [0.15, 0.2) is 0 Å². The van der Waals surface area contributed by atoms with E-state index in [1.165, 1.54) is 7.05 Å². The molecule has 0 aliphatic carbocycles. The van der Waals surface area contributed by atoms with Crippen LogP contribution in [-0.2, 0) is 0 Å². The molecule has 0 aromatic heterocycles. The van der Waals surface area contributed by atoms with Crippen LogP contribution in [-0.4, -0.2) is 18.2 Å². The molecule has 0 aliphatic heterocycles. The summed E-state index contributed by atoms with van der Waals surface area (Å²) in [5.74, 6) is 0. The van der Waals surface area contributed by atoms with Gasteiger partial charge in [-0.15, -0.1) is 0 Å². The maximum atomic E-state index is 9.46. The summed E-state index contributed by atoms with van der Waals surface area (Å²) < 4.78 is 0. The van der Waals surface area contributed by atoms with Gasteiger partial charge in [0.2, 0.25) is 0 Å². The number of hydrogen-bond donors (Lipinski definition) is 2. The Labute approximate surface area is 40.0 Å². The summed E-state index contributed by atoms with van der Waals surface area (Å²) in [5, 5.41) is 13.4. The van der Waals surface area contributed by atoms with E-state index in [-0.39, 0.29) is 0 Å². The standard InChI is InChI=1S/C2H5N3O2/c1-3-5-4-2(6)7/h1H3,(H,3,4)(H,6,7). The lowest BCUT2D eigenvalue weighted by Gasteiger charge is -1.77. The number of amides is 1. The smallest absolute Gasteiger partial charge is 0.451 e. The lowest BCUT2D eigenvalue weighted by molar-refractivity contribution is 0.203. The largest absolute Gasteiger partial charge is 0.462 e. The van der Waals surface area contributed by atoms with Crippen LogP contribution in [0.4, 0.5) is 4.79 Å². The molecule has 0 bridgehead atoms. The van der Waals surface area contributed by atoms with Crippen molar-refractivity contribution >= 4 is 6.09 Å². The van der Waals surface area contributed by atoms with Gasteiger partial charge < -0.3 is 5.11 Å². The molecule has 0 atom stereocenters. The van der Waals surface area contributed by atoms with Gasteiger partial charge in [-0.05, 0) is 0 Å². The van der Waals surface area contributed by atoms with Crippen LogP contribution in [0.1, 0.15) is 0 Å². The second kappa shape index (κ2) is 3.08. The van der Waals surface area contributed by atoms with Crippen molar-refractivity contribution in [3.05, 3.63) is 0 Å². The molecule has 5 nitrogen and oxygen atoms in total. The quantitative estimate of drug-likeness (QED) is 0.369. The Kier molecular flexibility index (Phi) is 2.58. The Bertz CT molecular complexity index is 88.9. The average Bonchev–Trinajstić information content (AvgIpc) is 1.61. The van der Waals surface area contributed by atoms with E-state index in [1.807, 2.05) is 0 Å². The molecule has 0 aromatic rings. The molecule has 0 spiro atoms. The predicted molar refractivity (Wildman–Crippen MR) is 21.9 cm³/mol. The van der Waals surface area contributed by atoms with E-state index >= 15 is 0 Å². The lowest BCUT2D eigenvalue weighted by Crippen LogP contribution is -1.93.